The maximum atomic E-state index is 12.6. The lowest BCUT2D eigenvalue weighted by atomic mass is 9.89. The number of Topliss-reactive ketones (excluding diaryl/α,β-unsaturated/α-hetero) is 1. The van der Waals surface area contributed by atoms with Gasteiger partial charge in [-0.15, -0.1) is 0 Å². The van der Waals surface area contributed by atoms with Gasteiger partial charge in [0.1, 0.15) is 0 Å². The van der Waals surface area contributed by atoms with Gasteiger partial charge < -0.3 is 5.32 Å². The fourth-order valence-electron chi connectivity index (χ4n) is 2.46. The van der Waals surface area contributed by atoms with Crippen LogP contribution in [0, 0.1) is 26.2 Å². The van der Waals surface area contributed by atoms with E-state index in [4.69, 9.17) is 0 Å². The predicted molar refractivity (Wildman–Crippen MR) is 70.6 cm³/mol. The third-order valence-electron chi connectivity index (χ3n) is 4.15. The van der Waals surface area contributed by atoms with Gasteiger partial charge in [0, 0.05) is 17.5 Å². The van der Waals surface area contributed by atoms with E-state index in [2.05, 4.69) is 32.2 Å². The van der Waals surface area contributed by atoms with Crippen LogP contribution in [0.4, 0.5) is 0 Å². The molecule has 0 bridgehead atoms. The highest BCUT2D eigenvalue weighted by Crippen LogP contribution is 2.48. The summed E-state index contributed by atoms with van der Waals surface area (Å²) in [5, 5.41) is 3.15. The van der Waals surface area contributed by atoms with E-state index in [-0.39, 0.29) is 5.41 Å². The summed E-state index contributed by atoms with van der Waals surface area (Å²) in [6, 6.07) is 4.06. The van der Waals surface area contributed by atoms with Gasteiger partial charge in [-0.05, 0) is 57.4 Å². The second-order valence-electron chi connectivity index (χ2n) is 5.32. The molecule has 2 heteroatoms. The first kappa shape index (κ1) is 12.3. The lowest BCUT2D eigenvalue weighted by Crippen LogP contribution is -2.28. The van der Waals surface area contributed by atoms with Crippen LogP contribution in [0.1, 0.15) is 39.9 Å². The Kier molecular flexibility index (Phi) is 3.09. The molecular weight excluding hydrogens is 210 g/mol. The van der Waals surface area contributed by atoms with E-state index in [1.165, 1.54) is 11.1 Å². The summed E-state index contributed by atoms with van der Waals surface area (Å²) in [6.07, 6.45) is 2.05. The van der Waals surface area contributed by atoms with E-state index in [1.54, 1.807) is 0 Å². The number of rotatable bonds is 4. The lowest BCUT2D eigenvalue weighted by Gasteiger charge is -2.17. The average molecular weight is 231 g/mol. The molecule has 0 heterocycles. The molecule has 0 unspecified atom stereocenters. The number of carbonyl (C=O) groups excluding carboxylic acids is 1. The molecule has 1 aliphatic carbocycles. The number of carbonyl (C=O) groups is 1. The third kappa shape index (κ3) is 2.02. The molecule has 2 nitrogen and oxygen atoms in total. The van der Waals surface area contributed by atoms with E-state index >= 15 is 0 Å². The van der Waals surface area contributed by atoms with Crippen LogP contribution in [0.5, 0.6) is 0 Å². The second-order valence-corrected chi connectivity index (χ2v) is 5.32. The Bertz CT molecular complexity index is 458. The van der Waals surface area contributed by atoms with Crippen molar-refractivity contribution in [1.29, 1.82) is 0 Å². The topological polar surface area (TPSA) is 29.1 Å². The van der Waals surface area contributed by atoms with Gasteiger partial charge in [0.2, 0.25) is 0 Å². The molecule has 1 N–H and O–H groups in total. The monoisotopic (exact) mass is 231 g/mol. The van der Waals surface area contributed by atoms with Crippen LogP contribution in [-0.2, 0) is 0 Å². The third-order valence-corrected chi connectivity index (χ3v) is 4.15. The number of hydrogen-bond acceptors (Lipinski definition) is 2. The standard InChI is InChI=1S/C15H21NO/c1-10-5-6-13(12(3)11(10)2)14(17)15(7-8-15)9-16-4/h5-6,16H,7-9H2,1-4H3. The van der Waals surface area contributed by atoms with Crippen molar-refractivity contribution in [3.8, 4) is 0 Å². The van der Waals surface area contributed by atoms with Gasteiger partial charge in [0.15, 0.2) is 5.78 Å². The normalized spacial score (nSPS) is 16.9. The van der Waals surface area contributed by atoms with Crippen molar-refractivity contribution in [3.05, 3.63) is 34.4 Å². The maximum Gasteiger partial charge on any atom is 0.170 e. The lowest BCUT2D eigenvalue weighted by molar-refractivity contribution is 0.0899. The molecule has 0 spiro atoms. The van der Waals surface area contributed by atoms with Gasteiger partial charge >= 0.3 is 0 Å². The molecule has 1 aromatic rings. The van der Waals surface area contributed by atoms with E-state index in [0.29, 0.717) is 5.78 Å². The minimum Gasteiger partial charge on any atom is -0.319 e. The Morgan fingerprint density at radius 1 is 1.24 bits per heavy atom. The summed E-state index contributed by atoms with van der Waals surface area (Å²) >= 11 is 0. The van der Waals surface area contributed by atoms with Gasteiger partial charge in [-0.3, -0.25) is 4.79 Å². The number of benzene rings is 1. The number of nitrogens with one attached hydrogen (secondary N) is 1. The second kappa shape index (κ2) is 4.26. The van der Waals surface area contributed by atoms with Gasteiger partial charge in [0.05, 0.1) is 0 Å². The molecule has 0 amide bonds. The minimum atomic E-state index is -0.110. The van der Waals surface area contributed by atoms with Crippen molar-refractivity contribution in [2.75, 3.05) is 13.6 Å². The van der Waals surface area contributed by atoms with Crippen LogP contribution in [0.25, 0.3) is 0 Å². The van der Waals surface area contributed by atoms with Crippen LogP contribution < -0.4 is 5.32 Å². The number of ketones is 1. The van der Waals surface area contributed by atoms with E-state index in [1.807, 2.05) is 13.1 Å². The highest BCUT2D eigenvalue weighted by molar-refractivity contribution is 6.03. The molecular formula is C15H21NO. The first-order valence-corrected chi connectivity index (χ1v) is 6.28. The Hall–Kier alpha value is -1.15. The zero-order chi connectivity index (χ0) is 12.6. The van der Waals surface area contributed by atoms with Crippen LogP contribution in [0.15, 0.2) is 12.1 Å². The number of aryl methyl sites for hydroxylation is 1. The Balaban J connectivity index is 2.35. The van der Waals surface area contributed by atoms with Crippen LogP contribution in [-0.4, -0.2) is 19.4 Å². The molecule has 1 saturated carbocycles. The molecule has 1 aliphatic rings. The van der Waals surface area contributed by atoms with Crippen LogP contribution in [0.3, 0.4) is 0 Å². The van der Waals surface area contributed by atoms with Crippen molar-refractivity contribution in [2.45, 2.75) is 33.6 Å². The van der Waals surface area contributed by atoms with Gasteiger partial charge in [0.25, 0.3) is 0 Å². The van der Waals surface area contributed by atoms with Gasteiger partial charge in [-0.1, -0.05) is 12.1 Å². The first-order chi connectivity index (χ1) is 8.02. The summed E-state index contributed by atoms with van der Waals surface area (Å²) in [5.41, 5.74) is 4.47. The van der Waals surface area contributed by atoms with Gasteiger partial charge in [-0.2, -0.15) is 0 Å². The molecule has 2 rings (SSSR count). The van der Waals surface area contributed by atoms with Crippen molar-refractivity contribution in [2.24, 2.45) is 5.41 Å². The molecule has 1 fully saturated rings. The van der Waals surface area contributed by atoms with Crippen LogP contribution >= 0.6 is 0 Å². The molecule has 0 atom stereocenters. The van der Waals surface area contributed by atoms with Crippen LogP contribution in [0.2, 0.25) is 0 Å². The highest BCUT2D eigenvalue weighted by Gasteiger charge is 2.49. The molecule has 0 aromatic heterocycles. The summed E-state index contributed by atoms with van der Waals surface area (Å²) in [4.78, 5) is 12.6. The molecule has 92 valence electrons. The minimum absolute atomic E-state index is 0.110. The fraction of sp³-hybridized carbons (Fsp3) is 0.533. The van der Waals surface area contributed by atoms with Crippen molar-refractivity contribution >= 4 is 5.78 Å². The summed E-state index contributed by atoms with van der Waals surface area (Å²) in [5.74, 6) is 0.326. The summed E-state index contributed by atoms with van der Waals surface area (Å²) < 4.78 is 0. The maximum absolute atomic E-state index is 12.6. The zero-order valence-electron chi connectivity index (χ0n) is 11.2. The molecule has 1 aromatic carbocycles. The van der Waals surface area contributed by atoms with E-state index in [9.17, 15) is 4.79 Å². The quantitative estimate of drug-likeness (QED) is 0.807. The fourth-order valence-corrected chi connectivity index (χ4v) is 2.46. The van der Waals surface area contributed by atoms with Crippen molar-refractivity contribution in [3.63, 3.8) is 0 Å². The largest absolute Gasteiger partial charge is 0.319 e. The predicted octanol–water partition coefficient (Wildman–Crippen LogP) is 2.79. The summed E-state index contributed by atoms with van der Waals surface area (Å²) in [6.45, 7) is 7.05. The average Bonchev–Trinajstić information content (AvgIpc) is 3.07. The zero-order valence-corrected chi connectivity index (χ0v) is 11.2. The molecule has 0 radical (unpaired) electrons. The molecule has 17 heavy (non-hydrogen) atoms. The van der Waals surface area contributed by atoms with E-state index < -0.39 is 0 Å². The smallest absolute Gasteiger partial charge is 0.170 e. The Morgan fingerprint density at radius 2 is 1.88 bits per heavy atom. The van der Waals surface area contributed by atoms with E-state index in [0.717, 1.165) is 30.5 Å². The molecule has 0 aliphatic heterocycles. The van der Waals surface area contributed by atoms with Gasteiger partial charge in [-0.25, -0.2) is 0 Å². The van der Waals surface area contributed by atoms with Crippen molar-refractivity contribution in [1.82, 2.24) is 5.32 Å². The molecule has 0 saturated heterocycles. The highest BCUT2D eigenvalue weighted by atomic mass is 16.1. The first-order valence-electron chi connectivity index (χ1n) is 6.28. The van der Waals surface area contributed by atoms with Crippen molar-refractivity contribution < 1.29 is 4.79 Å². The Morgan fingerprint density at radius 3 is 2.41 bits per heavy atom. The number of hydrogen-bond donors (Lipinski definition) is 1. The summed E-state index contributed by atoms with van der Waals surface area (Å²) in [7, 11) is 1.92. The SMILES string of the molecule is CNCC1(C(=O)c2ccc(C)c(C)c2C)CC1. The Labute approximate surface area is 103 Å².